The maximum Gasteiger partial charge on any atom is 0.255 e. The summed E-state index contributed by atoms with van der Waals surface area (Å²) in [5.74, 6) is 0.486. The minimum atomic E-state index is -0.171. The van der Waals surface area contributed by atoms with Crippen molar-refractivity contribution in [2.24, 2.45) is 0 Å². The van der Waals surface area contributed by atoms with E-state index in [9.17, 15) is 4.79 Å². The molecular formula is C18H16N2O2S. The number of nitrogens with one attached hydrogen (secondary N) is 1. The second-order valence-electron chi connectivity index (χ2n) is 5.02. The van der Waals surface area contributed by atoms with Crippen LogP contribution in [-0.2, 0) is 0 Å². The monoisotopic (exact) mass is 324 g/mol. The molecule has 0 aliphatic rings. The Labute approximate surface area is 138 Å². The lowest BCUT2D eigenvalue weighted by Crippen LogP contribution is -2.11. The van der Waals surface area contributed by atoms with Gasteiger partial charge in [0.15, 0.2) is 0 Å². The molecule has 0 unspecified atom stereocenters. The molecule has 0 fully saturated rings. The lowest BCUT2D eigenvalue weighted by molar-refractivity contribution is 0.102. The van der Waals surface area contributed by atoms with Crippen LogP contribution < -0.4 is 10.1 Å². The molecule has 0 aliphatic heterocycles. The van der Waals surface area contributed by atoms with Gasteiger partial charge in [0, 0.05) is 22.2 Å². The fourth-order valence-electron chi connectivity index (χ4n) is 2.22. The number of methoxy groups -OCH3 is 1. The van der Waals surface area contributed by atoms with Crippen molar-refractivity contribution in [3.05, 3.63) is 64.5 Å². The quantitative estimate of drug-likeness (QED) is 0.775. The summed E-state index contributed by atoms with van der Waals surface area (Å²) < 4.78 is 5.15. The molecule has 5 heteroatoms. The number of amides is 1. The van der Waals surface area contributed by atoms with Gasteiger partial charge in [0.25, 0.3) is 5.91 Å². The molecule has 0 radical (unpaired) electrons. The Hall–Kier alpha value is -2.66. The SMILES string of the molecule is COc1cccc(C(=O)Nc2cccc(-c3csc(C)n3)c2)c1. The molecule has 0 saturated heterocycles. The molecule has 23 heavy (non-hydrogen) atoms. The van der Waals surface area contributed by atoms with Crippen molar-refractivity contribution in [2.45, 2.75) is 6.92 Å². The van der Waals surface area contributed by atoms with Crippen molar-refractivity contribution >= 4 is 22.9 Å². The van der Waals surface area contributed by atoms with Crippen LogP contribution in [0, 0.1) is 6.92 Å². The van der Waals surface area contributed by atoms with E-state index in [1.807, 2.05) is 42.6 Å². The van der Waals surface area contributed by atoms with Gasteiger partial charge in [-0.3, -0.25) is 4.79 Å². The zero-order valence-corrected chi connectivity index (χ0v) is 13.7. The molecule has 3 aromatic rings. The average molecular weight is 324 g/mol. The summed E-state index contributed by atoms with van der Waals surface area (Å²) in [6.45, 7) is 1.97. The van der Waals surface area contributed by atoms with Crippen LogP contribution in [0.15, 0.2) is 53.9 Å². The normalized spacial score (nSPS) is 10.3. The van der Waals surface area contributed by atoms with E-state index in [2.05, 4.69) is 10.3 Å². The Morgan fingerprint density at radius 1 is 1.17 bits per heavy atom. The number of hydrogen-bond acceptors (Lipinski definition) is 4. The summed E-state index contributed by atoms with van der Waals surface area (Å²) in [5.41, 5.74) is 3.20. The average Bonchev–Trinajstić information content (AvgIpc) is 3.02. The van der Waals surface area contributed by atoms with Crippen molar-refractivity contribution in [3.63, 3.8) is 0 Å². The first-order valence-electron chi connectivity index (χ1n) is 7.13. The van der Waals surface area contributed by atoms with Crippen LogP contribution in [-0.4, -0.2) is 18.0 Å². The number of carbonyl (C=O) groups is 1. The Kier molecular flexibility index (Phi) is 4.39. The van der Waals surface area contributed by atoms with Gasteiger partial charge < -0.3 is 10.1 Å². The zero-order valence-electron chi connectivity index (χ0n) is 12.9. The van der Waals surface area contributed by atoms with E-state index in [4.69, 9.17) is 4.74 Å². The third-order valence-corrected chi connectivity index (χ3v) is 4.14. The summed E-state index contributed by atoms with van der Waals surface area (Å²) in [7, 11) is 1.58. The Morgan fingerprint density at radius 3 is 2.74 bits per heavy atom. The first-order valence-corrected chi connectivity index (χ1v) is 8.01. The van der Waals surface area contributed by atoms with Crippen LogP contribution >= 0.6 is 11.3 Å². The van der Waals surface area contributed by atoms with Crippen molar-refractivity contribution in [2.75, 3.05) is 12.4 Å². The molecule has 3 rings (SSSR count). The number of thiazole rings is 1. The molecule has 0 aliphatic carbocycles. The third kappa shape index (κ3) is 3.57. The summed E-state index contributed by atoms with van der Waals surface area (Å²) in [4.78, 5) is 16.8. The summed E-state index contributed by atoms with van der Waals surface area (Å²) in [6.07, 6.45) is 0. The van der Waals surface area contributed by atoms with Gasteiger partial charge in [-0.05, 0) is 37.3 Å². The molecule has 4 nitrogen and oxygen atoms in total. The summed E-state index contributed by atoms with van der Waals surface area (Å²) >= 11 is 1.61. The third-order valence-electron chi connectivity index (χ3n) is 3.37. The maximum absolute atomic E-state index is 12.4. The smallest absolute Gasteiger partial charge is 0.255 e. The standard InChI is InChI=1S/C18H16N2O2S/c1-12-19-17(11-23-12)13-5-3-7-15(9-13)20-18(21)14-6-4-8-16(10-14)22-2/h3-11H,1-2H3,(H,20,21). The Bertz CT molecular complexity index is 842. The molecule has 0 bridgehead atoms. The molecule has 2 aromatic carbocycles. The van der Waals surface area contributed by atoms with E-state index in [1.54, 1.807) is 36.6 Å². The van der Waals surface area contributed by atoms with Gasteiger partial charge >= 0.3 is 0 Å². The highest BCUT2D eigenvalue weighted by Crippen LogP contribution is 2.24. The van der Waals surface area contributed by atoms with Crippen molar-refractivity contribution in [1.29, 1.82) is 0 Å². The highest BCUT2D eigenvalue weighted by molar-refractivity contribution is 7.09. The van der Waals surface area contributed by atoms with E-state index < -0.39 is 0 Å². The fraction of sp³-hybridized carbons (Fsp3) is 0.111. The van der Waals surface area contributed by atoms with Gasteiger partial charge in [-0.15, -0.1) is 11.3 Å². The molecule has 1 N–H and O–H groups in total. The molecule has 0 spiro atoms. The van der Waals surface area contributed by atoms with E-state index in [1.165, 1.54) is 0 Å². The van der Waals surface area contributed by atoms with Crippen LogP contribution in [0.5, 0.6) is 5.75 Å². The molecule has 1 heterocycles. The van der Waals surface area contributed by atoms with Crippen LogP contribution in [0.25, 0.3) is 11.3 Å². The highest BCUT2D eigenvalue weighted by atomic mass is 32.1. The van der Waals surface area contributed by atoms with Crippen LogP contribution in [0.2, 0.25) is 0 Å². The first-order chi connectivity index (χ1) is 11.2. The number of aryl methyl sites for hydroxylation is 1. The van der Waals surface area contributed by atoms with E-state index in [0.717, 1.165) is 22.0 Å². The largest absolute Gasteiger partial charge is 0.497 e. The zero-order chi connectivity index (χ0) is 16.2. The number of rotatable bonds is 4. The number of anilines is 1. The summed E-state index contributed by atoms with van der Waals surface area (Å²) in [6, 6.07) is 14.7. The van der Waals surface area contributed by atoms with E-state index in [-0.39, 0.29) is 5.91 Å². The van der Waals surface area contributed by atoms with Gasteiger partial charge in [-0.2, -0.15) is 0 Å². The van der Waals surface area contributed by atoms with Crippen molar-refractivity contribution in [3.8, 4) is 17.0 Å². The van der Waals surface area contributed by atoms with Gasteiger partial charge in [0.1, 0.15) is 5.75 Å². The lowest BCUT2D eigenvalue weighted by atomic mass is 10.1. The van der Waals surface area contributed by atoms with E-state index >= 15 is 0 Å². The predicted molar refractivity (Wildman–Crippen MR) is 93.2 cm³/mol. The maximum atomic E-state index is 12.4. The topological polar surface area (TPSA) is 51.2 Å². The number of nitrogens with zero attached hydrogens (tertiary/aromatic N) is 1. The highest BCUT2D eigenvalue weighted by Gasteiger charge is 2.08. The van der Waals surface area contributed by atoms with Gasteiger partial charge in [-0.25, -0.2) is 4.98 Å². The number of hydrogen-bond donors (Lipinski definition) is 1. The van der Waals surface area contributed by atoms with Crippen molar-refractivity contribution < 1.29 is 9.53 Å². The van der Waals surface area contributed by atoms with E-state index in [0.29, 0.717) is 11.3 Å². The number of benzene rings is 2. The fourth-order valence-corrected chi connectivity index (χ4v) is 2.84. The number of aromatic nitrogens is 1. The second kappa shape index (κ2) is 6.62. The van der Waals surface area contributed by atoms with Gasteiger partial charge in [0.2, 0.25) is 0 Å². The number of carbonyl (C=O) groups excluding carboxylic acids is 1. The Balaban J connectivity index is 1.81. The molecule has 0 atom stereocenters. The first kappa shape index (κ1) is 15.2. The Morgan fingerprint density at radius 2 is 2.00 bits per heavy atom. The minimum Gasteiger partial charge on any atom is -0.497 e. The van der Waals surface area contributed by atoms with Gasteiger partial charge in [-0.1, -0.05) is 18.2 Å². The number of ether oxygens (including phenoxy) is 1. The van der Waals surface area contributed by atoms with Crippen LogP contribution in [0.1, 0.15) is 15.4 Å². The molecule has 1 aromatic heterocycles. The summed E-state index contributed by atoms with van der Waals surface area (Å²) in [5, 5.41) is 5.94. The molecular weight excluding hydrogens is 308 g/mol. The lowest BCUT2D eigenvalue weighted by Gasteiger charge is -2.08. The predicted octanol–water partition coefficient (Wildman–Crippen LogP) is 4.38. The molecule has 1 amide bonds. The van der Waals surface area contributed by atoms with Gasteiger partial charge in [0.05, 0.1) is 17.8 Å². The van der Waals surface area contributed by atoms with Crippen LogP contribution in [0.4, 0.5) is 5.69 Å². The molecule has 0 saturated carbocycles. The minimum absolute atomic E-state index is 0.171. The van der Waals surface area contributed by atoms with Crippen LogP contribution in [0.3, 0.4) is 0 Å². The van der Waals surface area contributed by atoms with Crippen molar-refractivity contribution in [1.82, 2.24) is 4.98 Å². The molecule has 116 valence electrons. The second-order valence-corrected chi connectivity index (χ2v) is 6.08.